The van der Waals surface area contributed by atoms with Crippen LogP contribution < -0.4 is 0 Å². The summed E-state index contributed by atoms with van der Waals surface area (Å²) in [5, 5.41) is 9.73. The molecule has 0 amide bonds. The van der Waals surface area contributed by atoms with Gasteiger partial charge in [0.15, 0.2) is 0 Å². The Morgan fingerprint density at radius 2 is 2.00 bits per heavy atom. The van der Waals surface area contributed by atoms with E-state index in [1.54, 1.807) is 0 Å². The van der Waals surface area contributed by atoms with Gasteiger partial charge in [-0.2, -0.15) is 0 Å². The lowest BCUT2D eigenvalue weighted by atomic mass is 9.80. The highest BCUT2D eigenvalue weighted by Crippen LogP contribution is 2.39. The predicted molar refractivity (Wildman–Crippen MR) is 42.4 cm³/mol. The Kier molecular flexibility index (Phi) is 1.90. The summed E-state index contributed by atoms with van der Waals surface area (Å²) < 4.78 is 5.64. The Morgan fingerprint density at radius 1 is 1.18 bits per heavy atom. The van der Waals surface area contributed by atoms with Crippen molar-refractivity contribution in [3.8, 4) is 0 Å². The molecule has 1 aliphatic heterocycles. The third kappa shape index (κ3) is 1.18. The lowest BCUT2D eigenvalue weighted by Crippen LogP contribution is -2.44. The Balaban J connectivity index is 2.07. The first-order chi connectivity index (χ1) is 5.33. The summed E-state index contributed by atoms with van der Waals surface area (Å²) in [4.78, 5) is 0. The zero-order chi connectivity index (χ0) is 7.73. The minimum absolute atomic E-state index is 0.113. The zero-order valence-corrected chi connectivity index (χ0v) is 6.88. The van der Waals surface area contributed by atoms with Crippen molar-refractivity contribution in [2.75, 3.05) is 6.61 Å². The molecule has 2 fully saturated rings. The first-order valence-corrected chi connectivity index (χ1v) is 4.66. The first kappa shape index (κ1) is 7.56. The molecule has 1 saturated carbocycles. The summed E-state index contributed by atoms with van der Waals surface area (Å²) in [6.45, 7) is 0.858. The molecular formula is C9H16O2. The third-order valence-corrected chi connectivity index (χ3v) is 3.07. The summed E-state index contributed by atoms with van der Waals surface area (Å²) in [6.07, 6.45) is 6.46. The van der Waals surface area contributed by atoms with Crippen molar-refractivity contribution in [3.63, 3.8) is 0 Å². The van der Waals surface area contributed by atoms with E-state index in [0.717, 1.165) is 32.3 Å². The maximum absolute atomic E-state index is 9.73. The number of aliphatic hydroxyl groups excluding tert-OH is 1. The topological polar surface area (TPSA) is 29.5 Å². The Hall–Kier alpha value is -0.0800. The second-order valence-electron chi connectivity index (χ2n) is 3.78. The van der Waals surface area contributed by atoms with Crippen LogP contribution >= 0.6 is 0 Å². The molecule has 0 aromatic rings. The van der Waals surface area contributed by atoms with Gasteiger partial charge in [-0.05, 0) is 25.7 Å². The molecule has 2 rings (SSSR count). The number of ether oxygens (including phenoxy) is 1. The van der Waals surface area contributed by atoms with Crippen molar-refractivity contribution >= 4 is 0 Å². The van der Waals surface area contributed by atoms with Gasteiger partial charge in [0.05, 0.1) is 11.7 Å². The minimum atomic E-state index is -0.182. The molecule has 11 heavy (non-hydrogen) atoms. The standard InChI is InChI=1S/C9H16O2/c10-8-4-1-2-5-9(8)6-3-7-11-9/h8,10H,1-7H2. The molecule has 0 aromatic heterocycles. The highest BCUT2D eigenvalue weighted by Gasteiger charge is 2.43. The predicted octanol–water partition coefficient (Wildman–Crippen LogP) is 1.47. The van der Waals surface area contributed by atoms with E-state index in [4.69, 9.17) is 4.74 Å². The molecule has 0 radical (unpaired) electrons. The maximum atomic E-state index is 9.73. The van der Waals surface area contributed by atoms with Crippen LogP contribution in [-0.4, -0.2) is 23.4 Å². The van der Waals surface area contributed by atoms with Gasteiger partial charge in [0.25, 0.3) is 0 Å². The Morgan fingerprint density at radius 3 is 2.64 bits per heavy atom. The van der Waals surface area contributed by atoms with Crippen LogP contribution in [0.25, 0.3) is 0 Å². The van der Waals surface area contributed by atoms with Gasteiger partial charge in [-0.15, -0.1) is 0 Å². The largest absolute Gasteiger partial charge is 0.390 e. The molecule has 2 unspecified atom stereocenters. The smallest absolute Gasteiger partial charge is 0.0940 e. The maximum Gasteiger partial charge on any atom is 0.0940 e. The fourth-order valence-corrected chi connectivity index (χ4v) is 2.37. The van der Waals surface area contributed by atoms with Gasteiger partial charge in [-0.3, -0.25) is 0 Å². The van der Waals surface area contributed by atoms with Crippen molar-refractivity contribution in [1.29, 1.82) is 0 Å². The number of hydrogen-bond donors (Lipinski definition) is 1. The molecule has 1 N–H and O–H groups in total. The molecule has 1 aliphatic carbocycles. The van der Waals surface area contributed by atoms with Crippen molar-refractivity contribution in [1.82, 2.24) is 0 Å². The molecule has 0 bridgehead atoms. The van der Waals surface area contributed by atoms with Gasteiger partial charge < -0.3 is 9.84 Å². The molecule has 0 aromatic carbocycles. The molecule has 2 nitrogen and oxygen atoms in total. The monoisotopic (exact) mass is 156 g/mol. The molecule has 2 heteroatoms. The highest BCUT2D eigenvalue weighted by atomic mass is 16.5. The minimum Gasteiger partial charge on any atom is -0.390 e. The van der Waals surface area contributed by atoms with E-state index in [2.05, 4.69) is 0 Å². The van der Waals surface area contributed by atoms with Crippen LogP contribution in [0, 0.1) is 0 Å². The molecule has 1 spiro atoms. The van der Waals surface area contributed by atoms with Crippen LogP contribution in [0.4, 0.5) is 0 Å². The fourth-order valence-electron chi connectivity index (χ4n) is 2.37. The molecule has 2 atom stereocenters. The Labute approximate surface area is 67.6 Å². The summed E-state index contributed by atoms with van der Waals surface area (Å²) in [5.74, 6) is 0. The highest BCUT2D eigenvalue weighted by molar-refractivity contribution is 4.94. The lowest BCUT2D eigenvalue weighted by Gasteiger charge is -2.37. The fraction of sp³-hybridized carbons (Fsp3) is 1.00. The Bertz CT molecular complexity index is 138. The van der Waals surface area contributed by atoms with E-state index in [0.29, 0.717) is 0 Å². The average Bonchev–Trinajstić information content (AvgIpc) is 2.46. The van der Waals surface area contributed by atoms with Crippen LogP contribution in [0.2, 0.25) is 0 Å². The lowest BCUT2D eigenvalue weighted by molar-refractivity contribution is -0.112. The van der Waals surface area contributed by atoms with Gasteiger partial charge in [0, 0.05) is 6.61 Å². The van der Waals surface area contributed by atoms with Crippen molar-refractivity contribution in [2.45, 2.75) is 50.2 Å². The van der Waals surface area contributed by atoms with Crippen molar-refractivity contribution in [3.05, 3.63) is 0 Å². The number of aliphatic hydroxyl groups is 1. The zero-order valence-electron chi connectivity index (χ0n) is 6.88. The number of hydrogen-bond acceptors (Lipinski definition) is 2. The van der Waals surface area contributed by atoms with Crippen LogP contribution in [0.3, 0.4) is 0 Å². The average molecular weight is 156 g/mol. The van der Waals surface area contributed by atoms with E-state index >= 15 is 0 Å². The molecule has 2 aliphatic rings. The second kappa shape index (κ2) is 2.76. The summed E-state index contributed by atoms with van der Waals surface area (Å²) >= 11 is 0. The van der Waals surface area contributed by atoms with Gasteiger partial charge in [0.1, 0.15) is 0 Å². The van der Waals surface area contributed by atoms with Crippen LogP contribution in [0.15, 0.2) is 0 Å². The molecule has 1 heterocycles. The second-order valence-corrected chi connectivity index (χ2v) is 3.78. The van der Waals surface area contributed by atoms with Gasteiger partial charge in [-0.1, -0.05) is 12.8 Å². The summed E-state index contributed by atoms with van der Waals surface area (Å²) in [6, 6.07) is 0. The quantitative estimate of drug-likeness (QED) is 0.575. The summed E-state index contributed by atoms with van der Waals surface area (Å²) in [7, 11) is 0. The normalized spacial score (nSPS) is 45.0. The number of rotatable bonds is 0. The van der Waals surface area contributed by atoms with Crippen LogP contribution in [-0.2, 0) is 4.74 Å². The van der Waals surface area contributed by atoms with E-state index < -0.39 is 0 Å². The molecule has 1 saturated heterocycles. The van der Waals surface area contributed by atoms with Crippen LogP contribution in [0.5, 0.6) is 0 Å². The SMILES string of the molecule is OC1CCCCC12CCCO2. The van der Waals surface area contributed by atoms with Gasteiger partial charge in [-0.25, -0.2) is 0 Å². The van der Waals surface area contributed by atoms with E-state index in [1.807, 2.05) is 0 Å². The first-order valence-electron chi connectivity index (χ1n) is 4.66. The van der Waals surface area contributed by atoms with Crippen molar-refractivity contribution in [2.24, 2.45) is 0 Å². The molecule has 64 valence electrons. The van der Waals surface area contributed by atoms with E-state index in [9.17, 15) is 5.11 Å². The van der Waals surface area contributed by atoms with E-state index in [1.165, 1.54) is 12.8 Å². The van der Waals surface area contributed by atoms with Gasteiger partial charge >= 0.3 is 0 Å². The van der Waals surface area contributed by atoms with E-state index in [-0.39, 0.29) is 11.7 Å². The summed E-state index contributed by atoms with van der Waals surface area (Å²) in [5.41, 5.74) is -0.113. The van der Waals surface area contributed by atoms with Crippen molar-refractivity contribution < 1.29 is 9.84 Å². The molecular weight excluding hydrogens is 140 g/mol. The van der Waals surface area contributed by atoms with Crippen LogP contribution in [0.1, 0.15) is 38.5 Å². The third-order valence-electron chi connectivity index (χ3n) is 3.07. The van der Waals surface area contributed by atoms with Gasteiger partial charge in [0.2, 0.25) is 0 Å².